The molecule has 6 heteroatoms. The van der Waals surface area contributed by atoms with E-state index in [-0.39, 0.29) is 11.9 Å². The fourth-order valence-electron chi connectivity index (χ4n) is 2.54. The minimum Gasteiger partial charge on any atom is -0.332 e. The molecule has 0 spiro atoms. The van der Waals surface area contributed by atoms with Crippen LogP contribution in [0, 0.1) is 0 Å². The number of aromatic nitrogens is 3. The van der Waals surface area contributed by atoms with E-state index in [9.17, 15) is 4.79 Å². The molecule has 1 unspecified atom stereocenters. The first kappa shape index (κ1) is 14.0. The van der Waals surface area contributed by atoms with Gasteiger partial charge >= 0.3 is 0 Å². The molecule has 1 amide bonds. The molecule has 0 aliphatic carbocycles. The number of carbonyl (C=O) groups excluding carboxylic acids is 1. The lowest BCUT2D eigenvalue weighted by molar-refractivity contribution is 0.0663. The average molecular weight is 265 g/mol. The smallest absolute Gasteiger partial charge is 0.293 e. The summed E-state index contributed by atoms with van der Waals surface area (Å²) in [5, 5.41) is 6.85. The van der Waals surface area contributed by atoms with E-state index in [1.165, 1.54) is 0 Å². The third-order valence-electron chi connectivity index (χ3n) is 3.69. The normalized spacial score (nSPS) is 21.4. The van der Waals surface area contributed by atoms with E-state index in [4.69, 9.17) is 0 Å². The zero-order valence-electron chi connectivity index (χ0n) is 12.0. The largest absolute Gasteiger partial charge is 0.332 e. The Kier molecular flexibility index (Phi) is 4.52. The summed E-state index contributed by atoms with van der Waals surface area (Å²) < 4.78 is 0. The molecule has 1 N–H and O–H groups in total. The van der Waals surface area contributed by atoms with Gasteiger partial charge in [-0.1, -0.05) is 13.8 Å². The van der Waals surface area contributed by atoms with E-state index in [1.54, 1.807) is 0 Å². The van der Waals surface area contributed by atoms with E-state index in [1.807, 2.05) is 11.8 Å². The van der Waals surface area contributed by atoms with Gasteiger partial charge in [0.15, 0.2) is 0 Å². The SMILES string of the molecule is CCc1nc(C(=O)N2CCCN(C)CC2CC)n[nH]1. The number of hydrogen-bond donors (Lipinski definition) is 1. The van der Waals surface area contributed by atoms with Crippen LogP contribution in [0.25, 0.3) is 0 Å². The average Bonchev–Trinajstić information content (AvgIpc) is 2.81. The molecule has 6 nitrogen and oxygen atoms in total. The second-order valence-electron chi connectivity index (χ2n) is 5.14. The lowest BCUT2D eigenvalue weighted by atomic mass is 10.2. The molecule has 1 saturated heterocycles. The highest BCUT2D eigenvalue weighted by atomic mass is 16.2. The number of aromatic amines is 1. The highest BCUT2D eigenvalue weighted by Crippen LogP contribution is 2.14. The molecule has 1 aromatic heterocycles. The van der Waals surface area contributed by atoms with Crippen LogP contribution in [0.15, 0.2) is 0 Å². The standard InChI is InChI=1S/C13H23N5O/c1-4-10-9-17(3)7-6-8-18(10)13(19)12-14-11(5-2)15-16-12/h10H,4-9H2,1-3H3,(H,14,15,16). The van der Waals surface area contributed by atoms with Crippen LogP contribution in [0.5, 0.6) is 0 Å². The van der Waals surface area contributed by atoms with Gasteiger partial charge in [0.1, 0.15) is 5.82 Å². The molecule has 2 heterocycles. The molecule has 19 heavy (non-hydrogen) atoms. The van der Waals surface area contributed by atoms with Crippen molar-refractivity contribution < 1.29 is 4.79 Å². The van der Waals surface area contributed by atoms with E-state index >= 15 is 0 Å². The maximum atomic E-state index is 12.5. The zero-order valence-corrected chi connectivity index (χ0v) is 12.0. The quantitative estimate of drug-likeness (QED) is 0.882. The van der Waals surface area contributed by atoms with Gasteiger partial charge in [-0.2, -0.15) is 0 Å². The Bertz CT molecular complexity index is 430. The van der Waals surface area contributed by atoms with Gasteiger partial charge in [0.2, 0.25) is 5.82 Å². The minimum atomic E-state index is -0.0434. The van der Waals surface area contributed by atoms with Gasteiger partial charge in [0.05, 0.1) is 0 Å². The zero-order chi connectivity index (χ0) is 13.8. The lowest BCUT2D eigenvalue weighted by Gasteiger charge is -2.29. The molecular weight excluding hydrogens is 242 g/mol. The maximum Gasteiger partial charge on any atom is 0.293 e. The van der Waals surface area contributed by atoms with Gasteiger partial charge in [0.25, 0.3) is 5.91 Å². The fraction of sp³-hybridized carbons (Fsp3) is 0.769. The number of hydrogen-bond acceptors (Lipinski definition) is 4. The lowest BCUT2D eigenvalue weighted by Crippen LogP contribution is -2.43. The van der Waals surface area contributed by atoms with Crippen LogP contribution in [0.4, 0.5) is 0 Å². The van der Waals surface area contributed by atoms with Crippen molar-refractivity contribution in [2.24, 2.45) is 0 Å². The van der Waals surface area contributed by atoms with Gasteiger partial charge < -0.3 is 9.80 Å². The molecule has 106 valence electrons. The number of likely N-dealkylation sites (N-methyl/N-ethyl adjacent to an activating group) is 1. The molecule has 1 atom stereocenters. The number of rotatable bonds is 3. The van der Waals surface area contributed by atoms with Crippen molar-refractivity contribution in [2.45, 2.75) is 39.2 Å². The predicted octanol–water partition coefficient (Wildman–Crippen LogP) is 0.923. The van der Waals surface area contributed by atoms with Crippen LogP contribution in [-0.4, -0.2) is 63.6 Å². The summed E-state index contributed by atoms with van der Waals surface area (Å²) in [7, 11) is 2.11. The molecular formula is C13H23N5O. The summed E-state index contributed by atoms with van der Waals surface area (Å²) in [5.41, 5.74) is 0. The highest BCUT2D eigenvalue weighted by Gasteiger charge is 2.28. The van der Waals surface area contributed by atoms with Gasteiger partial charge in [-0.3, -0.25) is 9.89 Å². The summed E-state index contributed by atoms with van der Waals surface area (Å²) in [5.74, 6) is 1.03. The van der Waals surface area contributed by atoms with Gasteiger partial charge in [-0.15, -0.1) is 5.10 Å². The van der Waals surface area contributed by atoms with Crippen molar-refractivity contribution in [2.75, 3.05) is 26.7 Å². The van der Waals surface area contributed by atoms with Crippen LogP contribution in [-0.2, 0) is 6.42 Å². The van der Waals surface area contributed by atoms with Crippen molar-refractivity contribution in [3.63, 3.8) is 0 Å². The number of nitrogens with one attached hydrogen (secondary N) is 1. The van der Waals surface area contributed by atoms with Crippen molar-refractivity contribution in [3.8, 4) is 0 Å². The first-order valence-electron chi connectivity index (χ1n) is 7.06. The Morgan fingerprint density at radius 3 is 2.84 bits per heavy atom. The van der Waals surface area contributed by atoms with Crippen LogP contribution < -0.4 is 0 Å². The maximum absolute atomic E-state index is 12.5. The van der Waals surface area contributed by atoms with Crippen molar-refractivity contribution in [3.05, 3.63) is 11.6 Å². The minimum absolute atomic E-state index is 0.0434. The molecule has 1 aliphatic rings. The van der Waals surface area contributed by atoms with Crippen molar-refractivity contribution in [1.82, 2.24) is 25.0 Å². The summed E-state index contributed by atoms with van der Waals surface area (Å²) in [4.78, 5) is 21.0. The molecule has 1 aliphatic heterocycles. The highest BCUT2D eigenvalue weighted by molar-refractivity contribution is 5.90. The Morgan fingerprint density at radius 1 is 1.42 bits per heavy atom. The Balaban J connectivity index is 2.15. The molecule has 0 radical (unpaired) electrons. The number of nitrogens with zero attached hydrogens (tertiary/aromatic N) is 4. The third-order valence-corrected chi connectivity index (χ3v) is 3.69. The Morgan fingerprint density at radius 2 is 2.21 bits per heavy atom. The van der Waals surface area contributed by atoms with Crippen LogP contribution in [0.2, 0.25) is 0 Å². The summed E-state index contributed by atoms with van der Waals surface area (Å²) in [6.45, 7) is 6.86. The first-order chi connectivity index (χ1) is 9.15. The first-order valence-corrected chi connectivity index (χ1v) is 7.06. The van der Waals surface area contributed by atoms with E-state index in [2.05, 4.69) is 34.1 Å². The number of amides is 1. The van der Waals surface area contributed by atoms with Crippen molar-refractivity contribution in [1.29, 1.82) is 0 Å². The second-order valence-corrected chi connectivity index (χ2v) is 5.14. The summed E-state index contributed by atoms with van der Waals surface area (Å²) in [6.07, 6.45) is 2.73. The van der Waals surface area contributed by atoms with Crippen LogP contribution in [0.3, 0.4) is 0 Å². The summed E-state index contributed by atoms with van der Waals surface area (Å²) >= 11 is 0. The molecule has 1 fully saturated rings. The van der Waals surface area contributed by atoms with Crippen LogP contribution >= 0.6 is 0 Å². The van der Waals surface area contributed by atoms with E-state index < -0.39 is 0 Å². The van der Waals surface area contributed by atoms with Crippen LogP contribution in [0.1, 0.15) is 43.1 Å². The molecule has 0 saturated carbocycles. The van der Waals surface area contributed by atoms with E-state index in [0.717, 1.165) is 44.7 Å². The predicted molar refractivity (Wildman–Crippen MR) is 73.0 cm³/mol. The Labute approximate surface area is 114 Å². The van der Waals surface area contributed by atoms with Gasteiger partial charge in [-0.25, -0.2) is 4.98 Å². The van der Waals surface area contributed by atoms with E-state index in [0.29, 0.717) is 5.82 Å². The van der Waals surface area contributed by atoms with Gasteiger partial charge in [-0.05, 0) is 26.4 Å². The molecule has 1 aromatic rings. The summed E-state index contributed by atoms with van der Waals surface area (Å²) in [6, 6.07) is 0.253. The topological polar surface area (TPSA) is 65.1 Å². The molecule has 2 rings (SSSR count). The number of aryl methyl sites for hydroxylation is 1. The molecule has 0 aromatic carbocycles. The second kappa shape index (κ2) is 6.14. The Hall–Kier alpha value is -1.43. The third kappa shape index (κ3) is 3.12. The number of carbonyl (C=O) groups is 1. The fourth-order valence-corrected chi connectivity index (χ4v) is 2.54. The van der Waals surface area contributed by atoms with Crippen molar-refractivity contribution >= 4 is 5.91 Å². The van der Waals surface area contributed by atoms with Gasteiger partial charge in [0, 0.05) is 25.6 Å². The molecule has 0 bridgehead atoms. The number of H-pyrrole nitrogens is 1. The monoisotopic (exact) mass is 265 g/mol.